The minimum absolute atomic E-state index is 0.757. The van der Waals surface area contributed by atoms with Gasteiger partial charge in [0.1, 0.15) is 11.3 Å². The van der Waals surface area contributed by atoms with Crippen molar-refractivity contribution in [3.63, 3.8) is 0 Å². The van der Waals surface area contributed by atoms with Crippen molar-refractivity contribution in [1.82, 2.24) is 15.5 Å². The van der Waals surface area contributed by atoms with E-state index in [-0.39, 0.29) is 0 Å². The summed E-state index contributed by atoms with van der Waals surface area (Å²) in [5.74, 6) is 0.822. The molecule has 2 aromatic heterocycles. The number of hydrogen-bond acceptors (Lipinski definition) is 4. The van der Waals surface area contributed by atoms with Crippen molar-refractivity contribution in [1.29, 1.82) is 0 Å². The molecule has 0 saturated carbocycles. The van der Waals surface area contributed by atoms with E-state index in [0.717, 1.165) is 54.1 Å². The Morgan fingerprint density at radius 3 is 3.10 bits per heavy atom. The van der Waals surface area contributed by atoms with Gasteiger partial charge in [-0.05, 0) is 25.1 Å². The first-order valence-corrected chi connectivity index (χ1v) is 7.09. The molecular weight excluding hydrogens is 266 g/mol. The van der Waals surface area contributed by atoms with Gasteiger partial charge < -0.3 is 14.5 Å². The summed E-state index contributed by atoms with van der Waals surface area (Å²) in [5, 5.41) is 11.6. The third-order valence-electron chi connectivity index (χ3n) is 3.41. The number of benzene rings is 1. The second kappa shape index (κ2) is 6.56. The molecule has 0 aliphatic rings. The highest BCUT2D eigenvalue weighted by molar-refractivity contribution is 5.82. The van der Waals surface area contributed by atoms with Gasteiger partial charge in [0.05, 0.1) is 6.20 Å². The van der Waals surface area contributed by atoms with E-state index in [4.69, 9.17) is 9.15 Å². The summed E-state index contributed by atoms with van der Waals surface area (Å²) in [4.78, 5) is 0. The van der Waals surface area contributed by atoms with Gasteiger partial charge in [-0.1, -0.05) is 18.2 Å². The summed E-state index contributed by atoms with van der Waals surface area (Å²) in [6.45, 7) is 2.44. The lowest BCUT2D eigenvalue weighted by Gasteiger charge is -2.04. The van der Waals surface area contributed by atoms with Crippen LogP contribution in [0.4, 0.5) is 0 Å². The summed E-state index contributed by atoms with van der Waals surface area (Å²) >= 11 is 0. The largest absolute Gasteiger partial charge is 0.454 e. The summed E-state index contributed by atoms with van der Waals surface area (Å²) in [6.07, 6.45) is 2.83. The van der Waals surface area contributed by atoms with E-state index in [1.54, 1.807) is 7.11 Å². The second-order valence-electron chi connectivity index (χ2n) is 4.94. The summed E-state index contributed by atoms with van der Waals surface area (Å²) in [5.41, 5.74) is 2.93. The molecule has 3 rings (SSSR count). The zero-order valence-corrected chi connectivity index (χ0v) is 12.1. The molecule has 110 valence electrons. The van der Waals surface area contributed by atoms with Crippen molar-refractivity contribution in [2.75, 3.05) is 20.3 Å². The third-order valence-corrected chi connectivity index (χ3v) is 3.41. The monoisotopic (exact) mass is 285 g/mol. The lowest BCUT2D eigenvalue weighted by atomic mass is 10.2. The van der Waals surface area contributed by atoms with Crippen LogP contribution in [0.1, 0.15) is 12.0 Å². The second-order valence-corrected chi connectivity index (χ2v) is 4.94. The van der Waals surface area contributed by atoms with E-state index in [1.165, 1.54) is 0 Å². The van der Waals surface area contributed by atoms with E-state index < -0.39 is 0 Å². The van der Waals surface area contributed by atoms with Crippen LogP contribution < -0.4 is 5.32 Å². The van der Waals surface area contributed by atoms with E-state index in [0.29, 0.717) is 0 Å². The number of para-hydroxylation sites is 1. The Balaban J connectivity index is 1.72. The number of ether oxygens (including phenoxy) is 1. The molecule has 0 fully saturated rings. The van der Waals surface area contributed by atoms with Gasteiger partial charge in [-0.2, -0.15) is 5.10 Å². The molecule has 2 heterocycles. The summed E-state index contributed by atoms with van der Waals surface area (Å²) in [6, 6.07) is 10.0. The molecule has 0 saturated heterocycles. The maximum atomic E-state index is 5.88. The zero-order chi connectivity index (χ0) is 14.5. The molecule has 0 bridgehead atoms. The van der Waals surface area contributed by atoms with Crippen LogP contribution in [0, 0.1) is 0 Å². The number of H-pyrrole nitrogens is 1. The van der Waals surface area contributed by atoms with Crippen molar-refractivity contribution in [2.45, 2.75) is 13.0 Å². The highest BCUT2D eigenvalue weighted by Crippen LogP contribution is 2.28. The van der Waals surface area contributed by atoms with Crippen LogP contribution in [0.15, 0.2) is 40.9 Å². The molecule has 2 N–H and O–H groups in total. The lowest BCUT2D eigenvalue weighted by molar-refractivity contribution is 0.194. The van der Waals surface area contributed by atoms with Crippen LogP contribution in [0.25, 0.3) is 22.4 Å². The van der Waals surface area contributed by atoms with Crippen molar-refractivity contribution < 1.29 is 9.15 Å². The van der Waals surface area contributed by atoms with Gasteiger partial charge in [-0.25, -0.2) is 0 Å². The fourth-order valence-electron chi connectivity index (χ4n) is 2.33. The average molecular weight is 285 g/mol. The van der Waals surface area contributed by atoms with Crippen molar-refractivity contribution >= 4 is 11.0 Å². The van der Waals surface area contributed by atoms with Crippen LogP contribution in [-0.2, 0) is 11.3 Å². The highest BCUT2D eigenvalue weighted by Gasteiger charge is 2.12. The number of nitrogens with zero attached hydrogens (tertiary/aromatic N) is 1. The number of aromatic nitrogens is 2. The predicted molar refractivity (Wildman–Crippen MR) is 82.0 cm³/mol. The molecule has 0 aliphatic heterocycles. The van der Waals surface area contributed by atoms with Crippen LogP contribution in [-0.4, -0.2) is 30.5 Å². The fourth-order valence-corrected chi connectivity index (χ4v) is 2.33. The topological polar surface area (TPSA) is 63.1 Å². The first kappa shape index (κ1) is 13.9. The Kier molecular flexibility index (Phi) is 4.33. The van der Waals surface area contributed by atoms with E-state index in [1.807, 2.05) is 36.5 Å². The number of rotatable bonds is 7. The van der Waals surface area contributed by atoms with Crippen molar-refractivity contribution in [3.05, 3.63) is 42.1 Å². The van der Waals surface area contributed by atoms with Crippen LogP contribution in [0.2, 0.25) is 0 Å². The van der Waals surface area contributed by atoms with Crippen LogP contribution in [0.5, 0.6) is 0 Å². The Hall–Kier alpha value is -2.11. The number of methoxy groups -OCH3 is 1. The molecule has 5 heteroatoms. The van der Waals surface area contributed by atoms with Gasteiger partial charge in [-0.3, -0.25) is 5.10 Å². The normalized spacial score (nSPS) is 11.3. The number of furan rings is 1. The Morgan fingerprint density at radius 1 is 1.33 bits per heavy atom. The van der Waals surface area contributed by atoms with Crippen LogP contribution in [0.3, 0.4) is 0 Å². The lowest BCUT2D eigenvalue weighted by Crippen LogP contribution is -2.16. The van der Waals surface area contributed by atoms with Gasteiger partial charge >= 0.3 is 0 Å². The van der Waals surface area contributed by atoms with Gasteiger partial charge in [0.25, 0.3) is 0 Å². The van der Waals surface area contributed by atoms with E-state index in [2.05, 4.69) is 15.5 Å². The molecule has 0 atom stereocenters. The zero-order valence-electron chi connectivity index (χ0n) is 12.1. The van der Waals surface area contributed by atoms with Gasteiger partial charge in [0.2, 0.25) is 0 Å². The number of fused-ring (bicyclic) bond motifs is 1. The molecular formula is C16H19N3O2. The molecule has 1 aromatic carbocycles. The predicted octanol–water partition coefficient (Wildman–Crippen LogP) is 2.95. The highest BCUT2D eigenvalue weighted by atomic mass is 16.5. The first-order valence-electron chi connectivity index (χ1n) is 7.09. The van der Waals surface area contributed by atoms with Gasteiger partial charge in [0, 0.05) is 31.2 Å². The smallest absolute Gasteiger partial charge is 0.153 e. The Morgan fingerprint density at radius 2 is 2.24 bits per heavy atom. The molecule has 3 aromatic rings. The number of hydrogen-bond donors (Lipinski definition) is 2. The third kappa shape index (κ3) is 3.15. The Bertz CT molecular complexity index is 669. The Labute approximate surface area is 123 Å². The van der Waals surface area contributed by atoms with E-state index in [9.17, 15) is 0 Å². The van der Waals surface area contributed by atoms with Crippen molar-refractivity contribution in [2.24, 2.45) is 0 Å². The molecule has 0 aliphatic carbocycles. The average Bonchev–Trinajstić information content (AvgIpc) is 3.12. The maximum absolute atomic E-state index is 5.88. The molecule has 0 amide bonds. The van der Waals surface area contributed by atoms with E-state index >= 15 is 0 Å². The quantitative estimate of drug-likeness (QED) is 0.655. The first-order chi connectivity index (χ1) is 10.4. The summed E-state index contributed by atoms with van der Waals surface area (Å²) < 4.78 is 10.9. The molecule has 0 spiro atoms. The molecule has 0 radical (unpaired) electrons. The minimum Gasteiger partial charge on any atom is -0.454 e. The van der Waals surface area contributed by atoms with Crippen LogP contribution >= 0.6 is 0 Å². The molecule has 0 unspecified atom stereocenters. The maximum Gasteiger partial charge on any atom is 0.153 e. The molecule has 21 heavy (non-hydrogen) atoms. The standard InChI is InChI=1S/C16H19N3O2/c1-20-8-4-7-17-10-13-11-18-19-16(13)15-9-12-5-2-3-6-14(12)21-15/h2-3,5-6,9,11,17H,4,7-8,10H2,1H3,(H,18,19). The fraction of sp³-hybridized carbons (Fsp3) is 0.312. The summed E-state index contributed by atoms with van der Waals surface area (Å²) in [7, 11) is 1.72. The van der Waals surface area contributed by atoms with Gasteiger partial charge in [-0.15, -0.1) is 0 Å². The number of aromatic amines is 1. The SMILES string of the molecule is COCCCNCc1cn[nH]c1-c1cc2ccccc2o1. The minimum atomic E-state index is 0.757. The van der Waals surface area contributed by atoms with Crippen molar-refractivity contribution in [3.8, 4) is 11.5 Å². The van der Waals surface area contributed by atoms with Gasteiger partial charge in [0.15, 0.2) is 5.76 Å². The number of nitrogens with one attached hydrogen (secondary N) is 2. The molecule has 5 nitrogen and oxygen atoms in total.